The number of ether oxygens (including phenoxy) is 2. The SMILES string of the molecule is CCCCOC1(C)CCC(F)(C(C)C(F)(F)F)O1. The van der Waals surface area contributed by atoms with Crippen LogP contribution in [0.2, 0.25) is 0 Å². The second kappa shape index (κ2) is 5.33. The third-order valence-corrected chi connectivity index (χ3v) is 3.35. The highest BCUT2D eigenvalue weighted by molar-refractivity contribution is 4.89. The van der Waals surface area contributed by atoms with Gasteiger partial charge in [-0.05, 0) is 20.3 Å². The third kappa shape index (κ3) is 3.57. The fraction of sp³-hybridized carbons (Fsp3) is 1.00. The minimum Gasteiger partial charge on any atom is -0.350 e. The van der Waals surface area contributed by atoms with Crippen LogP contribution in [0, 0.1) is 5.92 Å². The van der Waals surface area contributed by atoms with Crippen molar-refractivity contribution in [1.82, 2.24) is 0 Å². The number of hydrogen-bond acceptors (Lipinski definition) is 2. The smallest absolute Gasteiger partial charge is 0.350 e. The second-order valence-electron chi connectivity index (χ2n) is 4.99. The van der Waals surface area contributed by atoms with Crippen LogP contribution in [0.4, 0.5) is 17.6 Å². The molecule has 0 N–H and O–H groups in total. The molecule has 1 heterocycles. The molecule has 0 aromatic rings. The molecule has 0 aromatic heterocycles. The molecule has 0 aromatic carbocycles. The number of unbranched alkanes of at least 4 members (excludes halogenated alkanes) is 1. The molecule has 1 saturated heterocycles. The zero-order valence-corrected chi connectivity index (χ0v) is 10.9. The van der Waals surface area contributed by atoms with Crippen LogP contribution in [0.25, 0.3) is 0 Å². The first-order valence-electron chi connectivity index (χ1n) is 6.23. The van der Waals surface area contributed by atoms with Crippen molar-refractivity contribution in [1.29, 1.82) is 0 Å². The van der Waals surface area contributed by atoms with Crippen molar-refractivity contribution in [3.05, 3.63) is 0 Å². The third-order valence-electron chi connectivity index (χ3n) is 3.35. The lowest BCUT2D eigenvalue weighted by Crippen LogP contribution is -2.43. The summed E-state index contributed by atoms with van der Waals surface area (Å²) in [7, 11) is 0. The lowest BCUT2D eigenvalue weighted by Gasteiger charge is -2.32. The average Bonchev–Trinajstić information content (AvgIpc) is 2.55. The molecule has 0 spiro atoms. The molecule has 18 heavy (non-hydrogen) atoms. The van der Waals surface area contributed by atoms with E-state index in [0.717, 1.165) is 19.8 Å². The van der Waals surface area contributed by atoms with E-state index < -0.39 is 23.7 Å². The van der Waals surface area contributed by atoms with Crippen molar-refractivity contribution in [2.24, 2.45) is 5.92 Å². The fourth-order valence-corrected chi connectivity index (χ4v) is 1.94. The van der Waals surface area contributed by atoms with Crippen LogP contribution >= 0.6 is 0 Å². The lowest BCUT2D eigenvalue weighted by atomic mass is 9.98. The summed E-state index contributed by atoms with van der Waals surface area (Å²) in [5, 5.41) is 0. The zero-order valence-electron chi connectivity index (χ0n) is 10.9. The Kier molecular flexibility index (Phi) is 4.65. The largest absolute Gasteiger partial charge is 0.396 e. The monoisotopic (exact) mass is 272 g/mol. The maximum absolute atomic E-state index is 14.2. The van der Waals surface area contributed by atoms with Gasteiger partial charge in [-0.15, -0.1) is 0 Å². The van der Waals surface area contributed by atoms with Gasteiger partial charge in [0.05, 0.1) is 6.61 Å². The van der Waals surface area contributed by atoms with Gasteiger partial charge in [0.2, 0.25) is 5.85 Å². The second-order valence-corrected chi connectivity index (χ2v) is 4.99. The Hall–Kier alpha value is -0.360. The molecular weight excluding hydrogens is 252 g/mol. The van der Waals surface area contributed by atoms with Crippen molar-refractivity contribution in [2.75, 3.05) is 6.61 Å². The summed E-state index contributed by atoms with van der Waals surface area (Å²) in [5.74, 6) is -6.08. The van der Waals surface area contributed by atoms with Gasteiger partial charge in [-0.25, -0.2) is 4.39 Å². The molecule has 2 nitrogen and oxygen atoms in total. The number of rotatable bonds is 5. The highest BCUT2D eigenvalue weighted by atomic mass is 19.4. The molecule has 6 heteroatoms. The summed E-state index contributed by atoms with van der Waals surface area (Å²) < 4.78 is 62.1. The van der Waals surface area contributed by atoms with E-state index in [1.54, 1.807) is 0 Å². The fourth-order valence-electron chi connectivity index (χ4n) is 1.94. The normalized spacial score (nSPS) is 34.8. The molecule has 0 bridgehead atoms. The van der Waals surface area contributed by atoms with Crippen LogP contribution in [-0.4, -0.2) is 24.4 Å². The van der Waals surface area contributed by atoms with Gasteiger partial charge in [-0.1, -0.05) is 13.3 Å². The van der Waals surface area contributed by atoms with Crippen molar-refractivity contribution in [3.63, 3.8) is 0 Å². The van der Waals surface area contributed by atoms with E-state index in [0.29, 0.717) is 6.61 Å². The van der Waals surface area contributed by atoms with Gasteiger partial charge in [0.15, 0.2) is 5.79 Å². The van der Waals surface area contributed by atoms with Gasteiger partial charge in [0.25, 0.3) is 0 Å². The van der Waals surface area contributed by atoms with E-state index in [2.05, 4.69) is 0 Å². The number of alkyl halides is 4. The van der Waals surface area contributed by atoms with E-state index in [4.69, 9.17) is 9.47 Å². The van der Waals surface area contributed by atoms with Crippen molar-refractivity contribution < 1.29 is 27.0 Å². The molecule has 108 valence electrons. The zero-order chi connectivity index (χ0) is 14.0. The predicted molar refractivity (Wildman–Crippen MR) is 58.6 cm³/mol. The Morgan fingerprint density at radius 3 is 2.44 bits per heavy atom. The first-order chi connectivity index (χ1) is 8.13. The Labute approximate surface area is 105 Å². The highest BCUT2D eigenvalue weighted by Gasteiger charge is 2.59. The van der Waals surface area contributed by atoms with Crippen molar-refractivity contribution in [3.8, 4) is 0 Å². The molecule has 1 aliphatic heterocycles. The first kappa shape index (κ1) is 15.7. The standard InChI is InChI=1S/C12H20F4O2/c1-4-5-8-17-10(3)6-7-11(13,18-10)9(2)12(14,15)16/h9H,4-8H2,1-3H3. The van der Waals surface area contributed by atoms with Gasteiger partial charge in [0.1, 0.15) is 5.92 Å². The lowest BCUT2D eigenvalue weighted by molar-refractivity contribution is -0.323. The van der Waals surface area contributed by atoms with Gasteiger partial charge in [-0.2, -0.15) is 13.2 Å². The topological polar surface area (TPSA) is 18.5 Å². The van der Waals surface area contributed by atoms with Crippen LogP contribution in [0.5, 0.6) is 0 Å². The Balaban J connectivity index is 2.63. The molecule has 1 fully saturated rings. The summed E-state index contributed by atoms with van der Waals surface area (Å²) in [5.41, 5.74) is 0. The van der Waals surface area contributed by atoms with E-state index >= 15 is 0 Å². The quantitative estimate of drug-likeness (QED) is 0.552. The van der Waals surface area contributed by atoms with Gasteiger partial charge >= 0.3 is 6.18 Å². The predicted octanol–water partition coefficient (Wildman–Crippen LogP) is 4.19. The molecule has 0 aliphatic carbocycles. The first-order valence-corrected chi connectivity index (χ1v) is 6.23. The summed E-state index contributed by atoms with van der Waals surface area (Å²) in [6.07, 6.45) is -3.10. The van der Waals surface area contributed by atoms with Crippen LogP contribution in [0.1, 0.15) is 46.5 Å². The minimum absolute atomic E-state index is 0.133. The van der Waals surface area contributed by atoms with E-state index in [-0.39, 0.29) is 12.8 Å². The number of halogens is 4. The van der Waals surface area contributed by atoms with Gasteiger partial charge in [0, 0.05) is 12.8 Å². The molecular formula is C12H20F4O2. The van der Waals surface area contributed by atoms with Crippen LogP contribution in [0.3, 0.4) is 0 Å². The average molecular weight is 272 g/mol. The molecule has 0 amide bonds. The maximum Gasteiger partial charge on any atom is 0.396 e. The van der Waals surface area contributed by atoms with E-state index in [1.807, 2.05) is 6.92 Å². The molecule has 1 rings (SSSR count). The summed E-state index contributed by atoms with van der Waals surface area (Å²) >= 11 is 0. The Bertz CT molecular complexity index is 282. The Morgan fingerprint density at radius 2 is 1.94 bits per heavy atom. The molecule has 1 aliphatic rings. The molecule has 3 unspecified atom stereocenters. The summed E-state index contributed by atoms with van der Waals surface area (Å²) in [6.45, 7) is 4.63. The Morgan fingerprint density at radius 1 is 1.33 bits per heavy atom. The van der Waals surface area contributed by atoms with Crippen molar-refractivity contribution in [2.45, 2.75) is 64.3 Å². The van der Waals surface area contributed by atoms with Crippen LogP contribution in [0.15, 0.2) is 0 Å². The van der Waals surface area contributed by atoms with Crippen LogP contribution < -0.4 is 0 Å². The van der Waals surface area contributed by atoms with Gasteiger partial charge < -0.3 is 9.47 Å². The highest BCUT2D eigenvalue weighted by Crippen LogP contribution is 2.48. The molecule has 0 saturated carbocycles. The number of hydrogen-bond donors (Lipinski definition) is 0. The van der Waals surface area contributed by atoms with Gasteiger partial charge in [-0.3, -0.25) is 0 Å². The maximum atomic E-state index is 14.2. The van der Waals surface area contributed by atoms with E-state index in [9.17, 15) is 17.6 Å². The molecule has 0 radical (unpaired) electrons. The molecule has 3 atom stereocenters. The summed E-state index contributed by atoms with van der Waals surface area (Å²) in [6, 6.07) is 0. The van der Waals surface area contributed by atoms with E-state index in [1.165, 1.54) is 6.92 Å². The summed E-state index contributed by atoms with van der Waals surface area (Å²) in [4.78, 5) is 0. The minimum atomic E-state index is -4.61. The van der Waals surface area contributed by atoms with Crippen molar-refractivity contribution >= 4 is 0 Å². The van der Waals surface area contributed by atoms with Crippen LogP contribution in [-0.2, 0) is 9.47 Å².